The molecule has 41 heavy (non-hydrogen) atoms. The van der Waals surface area contributed by atoms with Gasteiger partial charge in [0.05, 0.1) is 29.8 Å². The molecule has 3 aromatic carbocycles. The molecule has 0 spiro atoms. The Balaban J connectivity index is 1.54. The van der Waals surface area contributed by atoms with Gasteiger partial charge in [0, 0.05) is 0 Å². The van der Waals surface area contributed by atoms with Gasteiger partial charge in [-0.2, -0.15) is 0 Å². The third-order valence-corrected chi connectivity index (χ3v) is 6.49. The van der Waals surface area contributed by atoms with Crippen LogP contribution < -0.4 is 19.5 Å². The SMILES string of the molecule is CCCOc1ccc(CN2C(=O)NC(=O)/C(=C\c3cc(Cl)c(OCc4ccc(F)cc4)c(Cl)c3)C2=O)cc1OCC. The molecule has 1 fully saturated rings. The Bertz CT molecular complexity index is 1470. The lowest BCUT2D eigenvalue weighted by Gasteiger charge is -2.26. The fourth-order valence-corrected chi connectivity index (χ4v) is 4.59. The van der Waals surface area contributed by atoms with Gasteiger partial charge in [-0.1, -0.05) is 48.3 Å². The molecule has 0 aliphatic carbocycles. The molecule has 1 aliphatic heterocycles. The minimum Gasteiger partial charge on any atom is -0.490 e. The lowest BCUT2D eigenvalue weighted by atomic mass is 10.1. The molecule has 0 saturated carbocycles. The lowest BCUT2D eigenvalue weighted by Crippen LogP contribution is -2.53. The van der Waals surface area contributed by atoms with Gasteiger partial charge in [-0.15, -0.1) is 0 Å². The molecule has 0 aromatic heterocycles. The molecular formula is C30H27Cl2FN2O6. The lowest BCUT2D eigenvalue weighted by molar-refractivity contribution is -0.130. The van der Waals surface area contributed by atoms with Crippen molar-refractivity contribution in [1.29, 1.82) is 0 Å². The zero-order valence-corrected chi connectivity index (χ0v) is 23.9. The van der Waals surface area contributed by atoms with Crippen LogP contribution in [0.4, 0.5) is 9.18 Å². The summed E-state index contributed by atoms with van der Waals surface area (Å²) < 4.78 is 30.2. The van der Waals surface area contributed by atoms with E-state index in [1.54, 1.807) is 30.3 Å². The van der Waals surface area contributed by atoms with E-state index < -0.39 is 17.8 Å². The van der Waals surface area contributed by atoms with Crippen LogP contribution in [-0.2, 0) is 22.7 Å². The van der Waals surface area contributed by atoms with Crippen molar-refractivity contribution >= 4 is 47.1 Å². The van der Waals surface area contributed by atoms with Gasteiger partial charge in [0.1, 0.15) is 18.0 Å². The molecule has 4 amide bonds. The van der Waals surface area contributed by atoms with Crippen LogP contribution in [0.25, 0.3) is 6.08 Å². The zero-order valence-electron chi connectivity index (χ0n) is 22.3. The number of nitrogens with one attached hydrogen (secondary N) is 1. The summed E-state index contributed by atoms with van der Waals surface area (Å²) in [4.78, 5) is 39.4. The summed E-state index contributed by atoms with van der Waals surface area (Å²) in [5, 5.41) is 2.47. The number of nitrogens with zero attached hydrogens (tertiary/aromatic N) is 1. The first-order chi connectivity index (χ1) is 19.7. The summed E-state index contributed by atoms with van der Waals surface area (Å²) in [5.41, 5.74) is 1.38. The van der Waals surface area contributed by atoms with Crippen molar-refractivity contribution in [3.8, 4) is 17.2 Å². The first kappa shape index (κ1) is 29.9. The maximum absolute atomic E-state index is 13.3. The number of carbonyl (C=O) groups excluding carboxylic acids is 3. The van der Waals surface area contributed by atoms with Gasteiger partial charge < -0.3 is 14.2 Å². The number of ether oxygens (including phenoxy) is 3. The summed E-state index contributed by atoms with van der Waals surface area (Å²) in [6, 6.07) is 13.0. The van der Waals surface area contributed by atoms with Crippen molar-refractivity contribution in [3.63, 3.8) is 0 Å². The van der Waals surface area contributed by atoms with Crippen LogP contribution in [0.1, 0.15) is 37.0 Å². The van der Waals surface area contributed by atoms with Crippen molar-refractivity contribution in [3.05, 3.63) is 92.7 Å². The summed E-state index contributed by atoms with van der Waals surface area (Å²) in [7, 11) is 0. The number of amides is 4. The standard InChI is InChI=1S/C30H27Cl2FN2O6/c1-3-11-40-25-10-7-19(15-26(25)39-4-2)16-35-29(37)22(28(36)34-30(35)38)12-20-13-23(31)27(24(32)14-20)41-17-18-5-8-21(33)9-6-18/h5-10,12-15H,3-4,11,16-17H2,1-2H3,(H,34,36,38)/b22-12+. The molecule has 1 aliphatic rings. The molecule has 0 radical (unpaired) electrons. The highest BCUT2D eigenvalue weighted by Crippen LogP contribution is 2.36. The Morgan fingerprint density at radius 3 is 2.22 bits per heavy atom. The van der Waals surface area contributed by atoms with Gasteiger partial charge in [-0.05, 0) is 72.5 Å². The van der Waals surface area contributed by atoms with Crippen molar-refractivity contribution in [2.24, 2.45) is 0 Å². The quantitative estimate of drug-likeness (QED) is 0.198. The first-order valence-electron chi connectivity index (χ1n) is 12.8. The van der Waals surface area contributed by atoms with Gasteiger partial charge in [0.15, 0.2) is 17.2 Å². The predicted molar refractivity (Wildman–Crippen MR) is 153 cm³/mol. The number of rotatable bonds is 11. The average Bonchev–Trinajstić information content (AvgIpc) is 2.93. The second-order valence-electron chi connectivity index (χ2n) is 9.00. The van der Waals surface area contributed by atoms with Crippen molar-refractivity contribution in [2.45, 2.75) is 33.4 Å². The Morgan fingerprint density at radius 2 is 1.56 bits per heavy atom. The summed E-state index contributed by atoms with van der Waals surface area (Å²) in [6.45, 7) is 4.72. The van der Waals surface area contributed by atoms with E-state index in [1.807, 2.05) is 13.8 Å². The van der Waals surface area contributed by atoms with E-state index in [2.05, 4.69) is 5.32 Å². The molecule has 1 heterocycles. The molecule has 11 heteroatoms. The van der Waals surface area contributed by atoms with Crippen LogP contribution in [0.3, 0.4) is 0 Å². The van der Waals surface area contributed by atoms with Crippen LogP contribution in [0.2, 0.25) is 10.0 Å². The fraction of sp³-hybridized carbons (Fsp3) is 0.233. The number of hydrogen-bond donors (Lipinski definition) is 1. The first-order valence-corrected chi connectivity index (χ1v) is 13.6. The van der Waals surface area contributed by atoms with E-state index in [0.717, 1.165) is 11.3 Å². The Morgan fingerprint density at radius 1 is 0.878 bits per heavy atom. The monoisotopic (exact) mass is 600 g/mol. The van der Waals surface area contributed by atoms with E-state index in [0.29, 0.717) is 41.4 Å². The zero-order chi connectivity index (χ0) is 29.5. The molecule has 0 bridgehead atoms. The second-order valence-corrected chi connectivity index (χ2v) is 9.81. The largest absolute Gasteiger partial charge is 0.490 e. The van der Waals surface area contributed by atoms with E-state index in [4.69, 9.17) is 37.4 Å². The summed E-state index contributed by atoms with van der Waals surface area (Å²) in [6.07, 6.45) is 2.12. The van der Waals surface area contributed by atoms with Gasteiger partial charge >= 0.3 is 6.03 Å². The smallest absolute Gasteiger partial charge is 0.331 e. The molecule has 1 saturated heterocycles. The Labute approximate surface area is 246 Å². The minimum atomic E-state index is -0.849. The second kappa shape index (κ2) is 13.5. The van der Waals surface area contributed by atoms with Crippen LogP contribution in [0, 0.1) is 5.82 Å². The van der Waals surface area contributed by atoms with Crippen molar-refractivity contribution < 1.29 is 33.0 Å². The third kappa shape index (κ3) is 7.36. The number of hydrogen-bond acceptors (Lipinski definition) is 6. The fourth-order valence-electron chi connectivity index (χ4n) is 3.97. The number of imide groups is 2. The van der Waals surface area contributed by atoms with E-state index in [9.17, 15) is 18.8 Å². The predicted octanol–water partition coefficient (Wildman–Crippen LogP) is 6.56. The Kier molecular flexibility index (Phi) is 9.86. The molecule has 4 rings (SSSR count). The molecule has 3 aromatic rings. The van der Waals surface area contributed by atoms with Crippen LogP contribution >= 0.6 is 23.2 Å². The Hall–Kier alpha value is -4.08. The normalized spacial score (nSPS) is 14.3. The summed E-state index contributed by atoms with van der Waals surface area (Å²) in [5.74, 6) is -0.769. The van der Waals surface area contributed by atoms with E-state index in [1.165, 1.54) is 30.3 Å². The minimum absolute atomic E-state index is 0.0921. The van der Waals surface area contributed by atoms with Crippen LogP contribution in [0.15, 0.2) is 60.2 Å². The summed E-state index contributed by atoms with van der Waals surface area (Å²) >= 11 is 12.8. The van der Waals surface area contributed by atoms with Gasteiger partial charge in [0.2, 0.25) is 0 Å². The van der Waals surface area contributed by atoms with Crippen LogP contribution in [-0.4, -0.2) is 36.0 Å². The van der Waals surface area contributed by atoms with Crippen molar-refractivity contribution in [2.75, 3.05) is 13.2 Å². The number of halogens is 3. The molecular weight excluding hydrogens is 574 g/mol. The van der Waals surface area contributed by atoms with Crippen molar-refractivity contribution in [1.82, 2.24) is 10.2 Å². The molecule has 0 unspecified atom stereocenters. The van der Waals surface area contributed by atoms with E-state index >= 15 is 0 Å². The van der Waals surface area contributed by atoms with Gasteiger partial charge in [-0.25, -0.2) is 9.18 Å². The third-order valence-electron chi connectivity index (χ3n) is 5.92. The van der Waals surface area contributed by atoms with Gasteiger partial charge in [0.25, 0.3) is 11.8 Å². The number of urea groups is 1. The topological polar surface area (TPSA) is 94.2 Å². The maximum atomic E-state index is 13.3. The highest BCUT2D eigenvalue weighted by molar-refractivity contribution is 6.37. The highest BCUT2D eigenvalue weighted by atomic mass is 35.5. The number of barbiturate groups is 1. The molecule has 0 atom stereocenters. The molecule has 214 valence electrons. The molecule has 1 N–H and O–H groups in total. The average molecular weight is 601 g/mol. The number of carbonyl (C=O) groups is 3. The number of benzene rings is 3. The molecule has 8 nitrogen and oxygen atoms in total. The van der Waals surface area contributed by atoms with Gasteiger partial charge in [-0.3, -0.25) is 19.8 Å². The maximum Gasteiger partial charge on any atom is 0.331 e. The van der Waals surface area contributed by atoms with Crippen LogP contribution in [0.5, 0.6) is 17.2 Å². The van der Waals surface area contributed by atoms with E-state index in [-0.39, 0.29) is 40.3 Å². The highest BCUT2D eigenvalue weighted by Gasteiger charge is 2.36.